The molecule has 1 heterocycles. The van der Waals surface area contributed by atoms with E-state index >= 15 is 0 Å². The SMILES string of the molecule is CCN1CCN(c2ccc(C(=O)NCC(F)(F)F)cc2F)CC1. The second-order valence-electron chi connectivity index (χ2n) is 5.39. The third kappa shape index (κ3) is 4.82. The molecule has 0 unspecified atom stereocenters. The van der Waals surface area contributed by atoms with Crippen molar-refractivity contribution in [3.63, 3.8) is 0 Å². The lowest BCUT2D eigenvalue weighted by molar-refractivity contribution is -0.123. The number of hydrogen-bond acceptors (Lipinski definition) is 3. The zero-order chi connectivity index (χ0) is 17.0. The molecule has 0 spiro atoms. The first-order valence-electron chi connectivity index (χ1n) is 7.42. The molecule has 0 bridgehead atoms. The van der Waals surface area contributed by atoms with Gasteiger partial charge in [0, 0.05) is 31.7 Å². The molecule has 0 saturated carbocycles. The van der Waals surface area contributed by atoms with Gasteiger partial charge in [-0.15, -0.1) is 0 Å². The second kappa shape index (κ2) is 7.16. The van der Waals surface area contributed by atoms with Crippen molar-refractivity contribution in [2.75, 3.05) is 44.2 Å². The minimum absolute atomic E-state index is 0.123. The fourth-order valence-electron chi connectivity index (χ4n) is 2.49. The van der Waals surface area contributed by atoms with Crippen LogP contribution in [-0.2, 0) is 0 Å². The fourth-order valence-corrected chi connectivity index (χ4v) is 2.49. The van der Waals surface area contributed by atoms with Crippen LogP contribution in [0.5, 0.6) is 0 Å². The van der Waals surface area contributed by atoms with Gasteiger partial charge in [0.2, 0.25) is 0 Å². The summed E-state index contributed by atoms with van der Waals surface area (Å²) in [6.07, 6.45) is -4.49. The Kier molecular flexibility index (Phi) is 5.46. The molecular formula is C15H19F4N3O. The Balaban J connectivity index is 2.02. The summed E-state index contributed by atoms with van der Waals surface area (Å²) in [6, 6.07) is 3.77. The van der Waals surface area contributed by atoms with E-state index in [2.05, 4.69) is 11.8 Å². The third-order valence-electron chi connectivity index (χ3n) is 3.82. The van der Waals surface area contributed by atoms with E-state index in [9.17, 15) is 22.4 Å². The predicted molar refractivity (Wildman–Crippen MR) is 79.1 cm³/mol. The van der Waals surface area contributed by atoms with E-state index in [0.717, 1.165) is 25.7 Å². The highest BCUT2D eigenvalue weighted by Gasteiger charge is 2.28. The summed E-state index contributed by atoms with van der Waals surface area (Å²) in [4.78, 5) is 15.7. The first kappa shape index (κ1) is 17.5. The van der Waals surface area contributed by atoms with Gasteiger partial charge < -0.3 is 15.1 Å². The number of nitrogens with zero attached hydrogens (tertiary/aromatic N) is 2. The number of anilines is 1. The van der Waals surface area contributed by atoms with Crippen LogP contribution in [0.2, 0.25) is 0 Å². The molecule has 1 saturated heterocycles. The highest BCUT2D eigenvalue weighted by molar-refractivity contribution is 5.94. The van der Waals surface area contributed by atoms with Crippen molar-refractivity contribution in [2.24, 2.45) is 0 Å². The summed E-state index contributed by atoms with van der Waals surface area (Å²) in [7, 11) is 0. The average Bonchev–Trinajstić information content (AvgIpc) is 2.52. The molecule has 0 atom stereocenters. The monoisotopic (exact) mass is 333 g/mol. The lowest BCUT2D eigenvalue weighted by atomic mass is 10.1. The molecule has 0 aliphatic carbocycles. The van der Waals surface area contributed by atoms with E-state index in [0.29, 0.717) is 18.8 Å². The number of benzene rings is 1. The number of rotatable bonds is 4. The Morgan fingerprint density at radius 2 is 1.87 bits per heavy atom. The molecule has 128 valence electrons. The number of halogens is 4. The average molecular weight is 333 g/mol. The molecule has 8 heteroatoms. The van der Waals surface area contributed by atoms with E-state index < -0.39 is 24.4 Å². The Morgan fingerprint density at radius 1 is 1.22 bits per heavy atom. The van der Waals surface area contributed by atoms with Crippen molar-refractivity contribution in [1.82, 2.24) is 10.2 Å². The number of alkyl halides is 3. The molecule has 1 aliphatic rings. The van der Waals surface area contributed by atoms with Crippen LogP contribution >= 0.6 is 0 Å². The van der Waals surface area contributed by atoms with Gasteiger partial charge in [0.1, 0.15) is 12.4 Å². The van der Waals surface area contributed by atoms with Crippen molar-refractivity contribution >= 4 is 11.6 Å². The maximum absolute atomic E-state index is 14.2. The van der Waals surface area contributed by atoms with Gasteiger partial charge in [-0.1, -0.05) is 6.92 Å². The van der Waals surface area contributed by atoms with Crippen molar-refractivity contribution in [3.8, 4) is 0 Å². The van der Waals surface area contributed by atoms with Gasteiger partial charge >= 0.3 is 6.18 Å². The van der Waals surface area contributed by atoms with Gasteiger partial charge in [0.05, 0.1) is 5.69 Å². The predicted octanol–water partition coefficient (Wildman–Crippen LogP) is 2.26. The standard InChI is InChI=1S/C15H19F4N3O/c1-2-21-5-7-22(8-6-21)13-4-3-11(9-12(13)16)14(23)20-10-15(17,18)19/h3-4,9H,2,5-8,10H2,1H3,(H,20,23). The van der Waals surface area contributed by atoms with Crippen LogP contribution in [0.1, 0.15) is 17.3 Å². The highest BCUT2D eigenvalue weighted by Crippen LogP contribution is 2.22. The third-order valence-corrected chi connectivity index (χ3v) is 3.82. The Hall–Kier alpha value is -1.83. The van der Waals surface area contributed by atoms with Gasteiger partial charge in [0.25, 0.3) is 5.91 Å². The zero-order valence-electron chi connectivity index (χ0n) is 12.8. The number of carbonyl (C=O) groups excluding carboxylic acids is 1. The zero-order valence-corrected chi connectivity index (χ0v) is 12.8. The molecule has 1 aromatic rings. The van der Waals surface area contributed by atoms with E-state index in [1.165, 1.54) is 12.1 Å². The van der Waals surface area contributed by atoms with Crippen molar-refractivity contribution in [3.05, 3.63) is 29.6 Å². The van der Waals surface area contributed by atoms with E-state index in [1.807, 2.05) is 4.90 Å². The van der Waals surface area contributed by atoms with Crippen LogP contribution in [0.4, 0.5) is 23.2 Å². The maximum atomic E-state index is 14.2. The molecular weight excluding hydrogens is 314 g/mol. The molecule has 4 nitrogen and oxygen atoms in total. The minimum Gasteiger partial charge on any atom is -0.367 e. The minimum atomic E-state index is -4.49. The summed E-state index contributed by atoms with van der Waals surface area (Å²) in [5, 5.41) is 1.73. The number of amides is 1. The van der Waals surface area contributed by atoms with E-state index in [1.54, 1.807) is 5.32 Å². The lowest BCUT2D eigenvalue weighted by Crippen LogP contribution is -2.46. The number of hydrogen-bond donors (Lipinski definition) is 1. The van der Waals surface area contributed by atoms with E-state index in [-0.39, 0.29) is 5.56 Å². The highest BCUT2D eigenvalue weighted by atomic mass is 19.4. The molecule has 1 aliphatic heterocycles. The number of carbonyl (C=O) groups is 1. The Labute approximate surface area is 132 Å². The summed E-state index contributed by atoms with van der Waals surface area (Å²) < 4.78 is 50.4. The van der Waals surface area contributed by atoms with Crippen molar-refractivity contribution in [1.29, 1.82) is 0 Å². The van der Waals surface area contributed by atoms with Crippen LogP contribution < -0.4 is 10.2 Å². The van der Waals surface area contributed by atoms with Crippen molar-refractivity contribution < 1.29 is 22.4 Å². The molecule has 0 radical (unpaired) electrons. The molecule has 0 aromatic heterocycles. The van der Waals surface area contributed by atoms with Crippen LogP contribution in [0.25, 0.3) is 0 Å². The first-order valence-corrected chi connectivity index (χ1v) is 7.42. The van der Waals surface area contributed by atoms with Crippen LogP contribution in [-0.4, -0.2) is 56.3 Å². The number of piperazine rings is 1. The normalized spacial score (nSPS) is 16.5. The number of nitrogens with one attached hydrogen (secondary N) is 1. The molecule has 1 N–H and O–H groups in total. The van der Waals surface area contributed by atoms with Gasteiger partial charge in [-0.3, -0.25) is 4.79 Å². The largest absolute Gasteiger partial charge is 0.405 e. The second-order valence-corrected chi connectivity index (χ2v) is 5.39. The van der Waals surface area contributed by atoms with Crippen molar-refractivity contribution in [2.45, 2.75) is 13.1 Å². The molecule has 1 aromatic carbocycles. The number of likely N-dealkylation sites (N-methyl/N-ethyl adjacent to an activating group) is 1. The summed E-state index contributed by atoms with van der Waals surface area (Å²) in [6.45, 7) is 4.55. The topological polar surface area (TPSA) is 35.6 Å². The van der Waals surface area contributed by atoms with Gasteiger partial charge in [-0.25, -0.2) is 4.39 Å². The quantitative estimate of drug-likeness (QED) is 0.859. The fraction of sp³-hybridized carbons (Fsp3) is 0.533. The lowest BCUT2D eigenvalue weighted by Gasteiger charge is -2.35. The van der Waals surface area contributed by atoms with Crippen LogP contribution in [0, 0.1) is 5.82 Å². The van der Waals surface area contributed by atoms with Gasteiger partial charge in [-0.05, 0) is 24.7 Å². The van der Waals surface area contributed by atoms with Gasteiger partial charge in [-0.2, -0.15) is 13.2 Å². The summed E-state index contributed by atoms with van der Waals surface area (Å²) in [5.74, 6) is -1.54. The summed E-state index contributed by atoms with van der Waals surface area (Å²) >= 11 is 0. The van der Waals surface area contributed by atoms with Crippen LogP contribution in [0.15, 0.2) is 18.2 Å². The van der Waals surface area contributed by atoms with E-state index in [4.69, 9.17) is 0 Å². The molecule has 1 amide bonds. The van der Waals surface area contributed by atoms with Gasteiger partial charge in [0.15, 0.2) is 0 Å². The molecule has 1 fully saturated rings. The Bertz CT molecular complexity index is 554. The maximum Gasteiger partial charge on any atom is 0.405 e. The molecule has 23 heavy (non-hydrogen) atoms. The smallest absolute Gasteiger partial charge is 0.367 e. The van der Waals surface area contributed by atoms with Crippen LogP contribution in [0.3, 0.4) is 0 Å². The summed E-state index contributed by atoms with van der Waals surface area (Å²) in [5.41, 5.74) is 0.246. The first-order chi connectivity index (χ1) is 10.8. The Morgan fingerprint density at radius 3 is 2.39 bits per heavy atom. The molecule has 2 rings (SSSR count).